The number of hydrogen-bond donors (Lipinski definition) is 2. The minimum Gasteiger partial charge on any atom is -0.506 e. The lowest BCUT2D eigenvalue weighted by Crippen LogP contribution is -2.30. The molecule has 2 aromatic rings. The first-order valence-corrected chi connectivity index (χ1v) is 8.95. The summed E-state index contributed by atoms with van der Waals surface area (Å²) in [4.78, 5) is 25.7. The van der Waals surface area contributed by atoms with Gasteiger partial charge in [-0.1, -0.05) is 35.3 Å². The van der Waals surface area contributed by atoms with E-state index in [1.54, 1.807) is 30.3 Å². The van der Waals surface area contributed by atoms with E-state index in [4.69, 9.17) is 23.2 Å². The first kappa shape index (κ1) is 18.0. The monoisotopic (exact) mass is 488 g/mol. The molecule has 8 heteroatoms. The van der Waals surface area contributed by atoms with Crippen molar-refractivity contribution in [3.8, 4) is 5.75 Å². The number of carbonyl (C=O) groups excluding carboxylic acids is 2. The van der Waals surface area contributed by atoms with Gasteiger partial charge in [0.05, 0.1) is 10.1 Å². The summed E-state index contributed by atoms with van der Waals surface area (Å²) in [6.07, 6.45) is 1.41. The zero-order chi connectivity index (χ0) is 18.1. The maximum Gasteiger partial charge on any atom is 0.329 e. The van der Waals surface area contributed by atoms with Crippen LogP contribution >= 0.6 is 45.8 Å². The predicted molar refractivity (Wildman–Crippen MR) is 104 cm³/mol. The average molecular weight is 489 g/mol. The number of halogens is 3. The highest BCUT2D eigenvalue weighted by atomic mass is 127. The summed E-state index contributed by atoms with van der Waals surface area (Å²) in [6, 6.07) is 9.47. The van der Waals surface area contributed by atoms with Crippen LogP contribution in [0.1, 0.15) is 11.1 Å². The fraction of sp³-hybridized carbons (Fsp3) is 0.0588. The molecule has 3 amide bonds. The molecule has 2 N–H and O–H groups in total. The van der Waals surface area contributed by atoms with E-state index in [1.165, 1.54) is 12.1 Å². The van der Waals surface area contributed by atoms with Crippen molar-refractivity contribution in [2.45, 2.75) is 6.54 Å². The van der Waals surface area contributed by atoms with E-state index >= 15 is 0 Å². The van der Waals surface area contributed by atoms with Crippen LogP contribution in [0.3, 0.4) is 0 Å². The van der Waals surface area contributed by atoms with Gasteiger partial charge in [-0.15, -0.1) is 0 Å². The van der Waals surface area contributed by atoms with Crippen molar-refractivity contribution < 1.29 is 14.7 Å². The highest BCUT2D eigenvalue weighted by Gasteiger charge is 2.33. The highest BCUT2D eigenvalue weighted by Crippen LogP contribution is 2.30. The summed E-state index contributed by atoms with van der Waals surface area (Å²) >= 11 is 13.8. The Morgan fingerprint density at radius 3 is 2.48 bits per heavy atom. The zero-order valence-electron chi connectivity index (χ0n) is 12.6. The number of imide groups is 1. The van der Waals surface area contributed by atoms with Gasteiger partial charge in [-0.3, -0.25) is 9.69 Å². The normalized spacial score (nSPS) is 15.8. The summed E-state index contributed by atoms with van der Waals surface area (Å²) < 4.78 is 0.548. The Hall–Kier alpha value is -1.77. The van der Waals surface area contributed by atoms with E-state index in [-0.39, 0.29) is 18.0 Å². The smallest absolute Gasteiger partial charge is 0.329 e. The molecule has 0 radical (unpaired) electrons. The van der Waals surface area contributed by atoms with Crippen LogP contribution in [0.5, 0.6) is 5.75 Å². The first-order valence-electron chi connectivity index (χ1n) is 7.12. The molecule has 1 aliphatic heterocycles. The SMILES string of the molecule is O=C1N/C(=C\c2cc(Cl)cc(I)c2O)C(=O)N1Cc1ccc(Cl)cc1. The number of carbonyl (C=O) groups is 2. The van der Waals surface area contributed by atoms with Crippen LogP contribution in [-0.2, 0) is 11.3 Å². The number of nitrogens with one attached hydrogen (secondary N) is 1. The van der Waals surface area contributed by atoms with Gasteiger partial charge in [-0.25, -0.2) is 4.79 Å². The maximum absolute atomic E-state index is 12.5. The second kappa shape index (κ2) is 7.23. The summed E-state index contributed by atoms with van der Waals surface area (Å²) in [5, 5.41) is 13.6. The van der Waals surface area contributed by atoms with Crippen LogP contribution in [0.25, 0.3) is 6.08 Å². The van der Waals surface area contributed by atoms with Gasteiger partial charge in [0.15, 0.2) is 0 Å². The number of benzene rings is 2. The molecule has 1 saturated heterocycles. The van der Waals surface area contributed by atoms with Gasteiger partial charge in [0, 0.05) is 15.6 Å². The summed E-state index contributed by atoms with van der Waals surface area (Å²) in [7, 11) is 0. The average Bonchev–Trinajstić information content (AvgIpc) is 2.81. The maximum atomic E-state index is 12.5. The number of rotatable bonds is 3. The van der Waals surface area contributed by atoms with E-state index in [2.05, 4.69) is 5.32 Å². The molecule has 1 fully saturated rings. The predicted octanol–water partition coefficient (Wildman–Crippen LogP) is 4.40. The standard InChI is InChI=1S/C17H11Cl2IN2O3/c18-11-3-1-9(2-4-11)8-22-16(24)14(21-17(22)25)6-10-5-12(19)7-13(20)15(10)23/h1-7,23H,8H2,(H,21,25)/b14-6-. The van der Waals surface area contributed by atoms with Gasteiger partial charge in [0.25, 0.3) is 5.91 Å². The number of phenolic OH excluding ortho intramolecular Hbond substituents is 1. The van der Waals surface area contributed by atoms with Crippen LogP contribution in [-0.4, -0.2) is 21.9 Å². The van der Waals surface area contributed by atoms with Crippen LogP contribution in [0.4, 0.5) is 4.79 Å². The molecule has 0 bridgehead atoms. The van der Waals surface area contributed by atoms with Crippen LogP contribution in [0, 0.1) is 3.57 Å². The zero-order valence-corrected chi connectivity index (χ0v) is 16.3. The molecule has 5 nitrogen and oxygen atoms in total. The Morgan fingerprint density at radius 2 is 1.80 bits per heavy atom. The molecule has 0 aliphatic carbocycles. The molecule has 128 valence electrons. The second-order valence-corrected chi connectivity index (χ2v) is 7.37. The summed E-state index contributed by atoms with van der Waals surface area (Å²) in [5.74, 6) is -0.481. The lowest BCUT2D eigenvalue weighted by atomic mass is 10.1. The van der Waals surface area contributed by atoms with Gasteiger partial charge in [-0.05, 0) is 58.5 Å². The largest absolute Gasteiger partial charge is 0.506 e. The number of amides is 3. The molecular weight excluding hydrogens is 478 g/mol. The van der Waals surface area contributed by atoms with E-state index in [0.717, 1.165) is 10.5 Å². The first-order chi connectivity index (χ1) is 11.8. The second-order valence-electron chi connectivity index (χ2n) is 5.33. The Bertz CT molecular complexity index is 898. The Labute approximate surface area is 167 Å². The molecule has 25 heavy (non-hydrogen) atoms. The molecule has 1 aliphatic rings. The van der Waals surface area contributed by atoms with Crippen molar-refractivity contribution in [2.75, 3.05) is 0 Å². The van der Waals surface area contributed by atoms with Gasteiger partial charge >= 0.3 is 6.03 Å². The third kappa shape index (κ3) is 3.91. The lowest BCUT2D eigenvalue weighted by molar-refractivity contribution is -0.123. The Morgan fingerprint density at radius 1 is 1.12 bits per heavy atom. The van der Waals surface area contributed by atoms with Gasteiger partial charge < -0.3 is 10.4 Å². The van der Waals surface area contributed by atoms with Gasteiger partial charge in [-0.2, -0.15) is 0 Å². The topological polar surface area (TPSA) is 69.6 Å². The quantitative estimate of drug-likeness (QED) is 0.382. The fourth-order valence-corrected chi connectivity index (χ4v) is 3.52. The highest BCUT2D eigenvalue weighted by molar-refractivity contribution is 14.1. The van der Waals surface area contributed by atoms with Gasteiger partial charge in [0.1, 0.15) is 11.4 Å². The van der Waals surface area contributed by atoms with E-state index < -0.39 is 11.9 Å². The number of urea groups is 1. The molecular formula is C17H11Cl2IN2O3. The van der Waals surface area contributed by atoms with E-state index in [0.29, 0.717) is 19.2 Å². The lowest BCUT2D eigenvalue weighted by Gasteiger charge is -2.11. The van der Waals surface area contributed by atoms with Crippen molar-refractivity contribution >= 4 is 63.8 Å². The third-order valence-corrected chi connectivity index (χ3v) is 4.87. The van der Waals surface area contributed by atoms with Crippen molar-refractivity contribution in [3.05, 3.63) is 66.8 Å². The van der Waals surface area contributed by atoms with Gasteiger partial charge in [0.2, 0.25) is 0 Å². The summed E-state index contributed by atoms with van der Waals surface area (Å²) in [6.45, 7) is 0.123. The minimum atomic E-state index is -0.526. The van der Waals surface area contributed by atoms with Crippen molar-refractivity contribution in [1.82, 2.24) is 10.2 Å². The van der Waals surface area contributed by atoms with E-state index in [1.807, 2.05) is 22.6 Å². The minimum absolute atomic E-state index is 0.00398. The molecule has 0 unspecified atom stereocenters. The molecule has 0 saturated carbocycles. The van der Waals surface area contributed by atoms with Crippen LogP contribution in [0.15, 0.2) is 42.1 Å². The summed E-state index contributed by atoms with van der Waals surface area (Å²) in [5.41, 5.74) is 1.20. The van der Waals surface area contributed by atoms with Crippen LogP contribution in [0.2, 0.25) is 10.0 Å². The number of hydrogen-bond acceptors (Lipinski definition) is 3. The van der Waals surface area contributed by atoms with Crippen molar-refractivity contribution in [2.24, 2.45) is 0 Å². The van der Waals surface area contributed by atoms with Crippen molar-refractivity contribution in [3.63, 3.8) is 0 Å². The molecule has 0 spiro atoms. The number of aromatic hydroxyl groups is 1. The Kier molecular flexibility index (Phi) is 5.21. The van der Waals surface area contributed by atoms with E-state index in [9.17, 15) is 14.7 Å². The molecule has 0 atom stereocenters. The Balaban J connectivity index is 1.87. The molecule has 3 rings (SSSR count). The molecule has 1 heterocycles. The fourth-order valence-electron chi connectivity index (χ4n) is 2.34. The molecule has 0 aromatic heterocycles. The third-order valence-electron chi connectivity index (χ3n) is 3.57. The molecule has 2 aromatic carbocycles. The van der Waals surface area contributed by atoms with Crippen LogP contribution < -0.4 is 5.32 Å². The number of phenols is 1. The van der Waals surface area contributed by atoms with Crippen molar-refractivity contribution in [1.29, 1.82) is 0 Å². The number of nitrogens with zero attached hydrogens (tertiary/aromatic N) is 1.